The second-order valence-corrected chi connectivity index (χ2v) is 5.41. The molecule has 1 amide bonds. The third-order valence-corrected chi connectivity index (χ3v) is 3.84. The minimum absolute atomic E-state index is 0.248. The van der Waals surface area contributed by atoms with Gasteiger partial charge in [0, 0.05) is 31.6 Å². The number of amides is 1. The monoisotopic (exact) mass is 320 g/mol. The Morgan fingerprint density at radius 1 is 1.18 bits per heavy atom. The first-order chi connectivity index (χ1) is 10.7. The van der Waals surface area contributed by atoms with E-state index >= 15 is 0 Å². The van der Waals surface area contributed by atoms with Gasteiger partial charge in [0.15, 0.2) is 5.65 Å². The van der Waals surface area contributed by atoms with E-state index in [9.17, 15) is 4.79 Å². The van der Waals surface area contributed by atoms with Crippen molar-refractivity contribution in [3.63, 3.8) is 0 Å². The van der Waals surface area contributed by atoms with Crippen LogP contribution in [0.25, 0.3) is 11.0 Å². The number of carbonyl (C=O) groups is 1. The van der Waals surface area contributed by atoms with Crippen LogP contribution in [-0.4, -0.2) is 53.7 Å². The van der Waals surface area contributed by atoms with Crippen LogP contribution in [-0.2, 0) is 4.74 Å². The fourth-order valence-electron chi connectivity index (χ4n) is 2.47. The maximum atomic E-state index is 11.7. The predicted molar refractivity (Wildman–Crippen MR) is 85.4 cm³/mol. The van der Waals surface area contributed by atoms with E-state index in [1.54, 1.807) is 11.0 Å². The van der Waals surface area contributed by atoms with Crippen LogP contribution in [0.3, 0.4) is 0 Å². The normalized spacial score (nSPS) is 15.2. The molecule has 1 saturated heterocycles. The maximum absolute atomic E-state index is 11.7. The number of halogens is 1. The van der Waals surface area contributed by atoms with Gasteiger partial charge in [-0.1, -0.05) is 11.6 Å². The molecule has 1 fully saturated rings. The molecular weight excluding hydrogens is 304 g/mol. The highest BCUT2D eigenvalue weighted by Gasteiger charge is 2.22. The Labute approximate surface area is 133 Å². The van der Waals surface area contributed by atoms with Crippen molar-refractivity contribution in [1.82, 2.24) is 14.9 Å². The second kappa shape index (κ2) is 6.36. The molecule has 0 unspecified atom stereocenters. The lowest BCUT2D eigenvalue weighted by molar-refractivity contribution is 0.105. The third-order valence-electron chi connectivity index (χ3n) is 3.63. The van der Waals surface area contributed by atoms with Crippen molar-refractivity contribution < 1.29 is 9.53 Å². The summed E-state index contributed by atoms with van der Waals surface area (Å²) in [4.78, 5) is 24.4. The van der Waals surface area contributed by atoms with Crippen molar-refractivity contribution in [1.29, 1.82) is 0 Å². The number of carbonyl (C=O) groups excluding carboxylic acids is 1. The first-order valence-electron chi connectivity index (χ1n) is 7.27. The van der Waals surface area contributed by atoms with Crippen molar-refractivity contribution >= 4 is 34.5 Å². The summed E-state index contributed by atoms with van der Waals surface area (Å²) in [5.41, 5.74) is 0.637. The molecule has 0 saturated carbocycles. The van der Waals surface area contributed by atoms with Gasteiger partial charge in [-0.15, -0.1) is 0 Å². The lowest BCUT2D eigenvalue weighted by Crippen LogP contribution is -2.49. The van der Waals surface area contributed by atoms with E-state index in [0.29, 0.717) is 30.5 Å². The van der Waals surface area contributed by atoms with Crippen LogP contribution >= 0.6 is 11.6 Å². The van der Waals surface area contributed by atoms with Gasteiger partial charge in [-0.05, 0) is 31.2 Å². The SMILES string of the molecule is CCOC(=O)N1CCN(c2ccc3ccc(Cl)nc3n2)CC1. The fourth-order valence-corrected chi connectivity index (χ4v) is 2.62. The molecule has 0 radical (unpaired) electrons. The van der Waals surface area contributed by atoms with Gasteiger partial charge in [-0.2, -0.15) is 0 Å². The Balaban J connectivity index is 1.72. The van der Waals surface area contributed by atoms with E-state index in [2.05, 4.69) is 14.9 Å². The number of hydrogen-bond donors (Lipinski definition) is 0. The van der Waals surface area contributed by atoms with Crippen LogP contribution in [0, 0.1) is 0 Å². The van der Waals surface area contributed by atoms with Gasteiger partial charge in [-0.25, -0.2) is 14.8 Å². The smallest absolute Gasteiger partial charge is 0.409 e. The van der Waals surface area contributed by atoms with Crippen LogP contribution in [0.15, 0.2) is 24.3 Å². The van der Waals surface area contributed by atoms with E-state index in [-0.39, 0.29) is 6.09 Å². The average molecular weight is 321 g/mol. The highest BCUT2D eigenvalue weighted by atomic mass is 35.5. The molecule has 7 heteroatoms. The first kappa shape index (κ1) is 14.8. The summed E-state index contributed by atoms with van der Waals surface area (Å²) in [5, 5.41) is 1.39. The molecular formula is C15H17ClN4O2. The van der Waals surface area contributed by atoms with Crippen molar-refractivity contribution in [2.45, 2.75) is 6.92 Å². The van der Waals surface area contributed by atoms with Gasteiger partial charge in [0.2, 0.25) is 0 Å². The van der Waals surface area contributed by atoms with Gasteiger partial charge in [0.25, 0.3) is 0 Å². The van der Waals surface area contributed by atoms with Crippen LogP contribution in [0.5, 0.6) is 0 Å². The summed E-state index contributed by atoms with van der Waals surface area (Å²) in [5.74, 6) is 0.853. The van der Waals surface area contributed by atoms with Gasteiger partial charge in [0.1, 0.15) is 11.0 Å². The molecule has 0 bridgehead atoms. The van der Waals surface area contributed by atoms with Gasteiger partial charge in [-0.3, -0.25) is 0 Å². The number of ether oxygens (including phenoxy) is 1. The van der Waals surface area contributed by atoms with Crippen LogP contribution in [0.4, 0.5) is 10.6 Å². The zero-order valence-corrected chi connectivity index (χ0v) is 13.1. The van der Waals surface area contributed by atoms with E-state index in [1.165, 1.54) is 0 Å². The number of anilines is 1. The zero-order chi connectivity index (χ0) is 15.5. The fraction of sp³-hybridized carbons (Fsp3) is 0.400. The molecule has 116 valence electrons. The summed E-state index contributed by atoms with van der Waals surface area (Å²) in [6.07, 6.45) is -0.248. The molecule has 0 N–H and O–H groups in total. The highest BCUT2D eigenvalue weighted by molar-refractivity contribution is 6.29. The summed E-state index contributed by atoms with van der Waals surface area (Å²) >= 11 is 5.92. The largest absolute Gasteiger partial charge is 0.450 e. The van der Waals surface area contributed by atoms with E-state index in [0.717, 1.165) is 24.3 Å². The molecule has 22 heavy (non-hydrogen) atoms. The number of pyridine rings is 2. The minimum atomic E-state index is -0.248. The quantitative estimate of drug-likeness (QED) is 0.796. The Kier molecular flexibility index (Phi) is 4.29. The van der Waals surface area contributed by atoms with E-state index in [4.69, 9.17) is 16.3 Å². The number of aromatic nitrogens is 2. The zero-order valence-electron chi connectivity index (χ0n) is 12.3. The average Bonchev–Trinajstić information content (AvgIpc) is 2.54. The number of fused-ring (bicyclic) bond motifs is 1. The van der Waals surface area contributed by atoms with Gasteiger partial charge >= 0.3 is 6.09 Å². The Morgan fingerprint density at radius 3 is 2.64 bits per heavy atom. The van der Waals surface area contributed by atoms with E-state index < -0.39 is 0 Å². The number of nitrogens with zero attached hydrogens (tertiary/aromatic N) is 4. The molecule has 1 aliphatic rings. The van der Waals surface area contributed by atoms with Crippen LogP contribution in [0.2, 0.25) is 5.15 Å². The van der Waals surface area contributed by atoms with Gasteiger partial charge in [0.05, 0.1) is 6.61 Å². The molecule has 2 aromatic rings. The lowest BCUT2D eigenvalue weighted by atomic mass is 10.2. The second-order valence-electron chi connectivity index (χ2n) is 5.02. The van der Waals surface area contributed by atoms with Crippen molar-refractivity contribution in [2.75, 3.05) is 37.7 Å². The first-order valence-corrected chi connectivity index (χ1v) is 7.65. The highest BCUT2D eigenvalue weighted by Crippen LogP contribution is 2.20. The lowest BCUT2D eigenvalue weighted by Gasteiger charge is -2.34. The molecule has 6 nitrogen and oxygen atoms in total. The summed E-state index contributed by atoms with van der Waals surface area (Å²) < 4.78 is 5.02. The van der Waals surface area contributed by atoms with Crippen molar-refractivity contribution in [3.8, 4) is 0 Å². The summed E-state index contributed by atoms with van der Waals surface area (Å²) in [6, 6.07) is 7.61. The standard InChI is InChI=1S/C15H17ClN4O2/c1-2-22-15(21)20-9-7-19(8-10-20)13-6-4-11-3-5-12(16)17-14(11)18-13/h3-6H,2,7-10H2,1H3. The van der Waals surface area contributed by atoms with E-state index in [1.807, 2.05) is 25.1 Å². The van der Waals surface area contributed by atoms with Crippen molar-refractivity contribution in [3.05, 3.63) is 29.4 Å². The Morgan fingerprint density at radius 2 is 1.91 bits per heavy atom. The molecule has 0 atom stereocenters. The molecule has 2 aromatic heterocycles. The number of rotatable bonds is 2. The summed E-state index contributed by atoms with van der Waals surface area (Å²) in [7, 11) is 0. The third kappa shape index (κ3) is 3.06. The van der Waals surface area contributed by atoms with Crippen LogP contribution in [0.1, 0.15) is 6.92 Å². The molecule has 1 aliphatic heterocycles. The molecule has 3 rings (SSSR count). The Bertz CT molecular complexity index is 686. The van der Waals surface area contributed by atoms with Crippen LogP contribution < -0.4 is 4.90 Å². The molecule has 3 heterocycles. The maximum Gasteiger partial charge on any atom is 0.409 e. The number of hydrogen-bond acceptors (Lipinski definition) is 5. The number of piperazine rings is 1. The topological polar surface area (TPSA) is 58.6 Å². The Hall–Kier alpha value is -2.08. The molecule has 0 aromatic carbocycles. The molecule has 0 aliphatic carbocycles. The minimum Gasteiger partial charge on any atom is -0.450 e. The molecule has 0 spiro atoms. The van der Waals surface area contributed by atoms with Crippen molar-refractivity contribution in [2.24, 2.45) is 0 Å². The predicted octanol–water partition coefficient (Wildman–Crippen LogP) is 2.56. The summed E-state index contributed by atoms with van der Waals surface area (Å²) in [6.45, 7) is 4.90. The van der Waals surface area contributed by atoms with Gasteiger partial charge < -0.3 is 14.5 Å².